The summed E-state index contributed by atoms with van der Waals surface area (Å²) >= 11 is 3.44. The minimum absolute atomic E-state index is 0.624. The summed E-state index contributed by atoms with van der Waals surface area (Å²) in [5.74, 6) is 0. The summed E-state index contributed by atoms with van der Waals surface area (Å²) in [7, 11) is 0. The number of hydrogen-bond acceptors (Lipinski definition) is 3. The van der Waals surface area contributed by atoms with E-state index in [0.29, 0.717) is 5.69 Å². The number of rotatable bonds is 2. The molecule has 0 amide bonds. The topological polar surface area (TPSA) is 50.9 Å². The third-order valence-electron chi connectivity index (χ3n) is 2.42. The Morgan fingerprint density at radius 2 is 1.76 bits per heavy atom. The first-order chi connectivity index (χ1) is 8.06. The monoisotopic (exact) mass is 291 g/mol. The fourth-order valence-electron chi connectivity index (χ4n) is 1.77. The molecule has 0 spiro atoms. The van der Waals surface area contributed by atoms with Gasteiger partial charge in [0.1, 0.15) is 0 Å². The fourth-order valence-corrected chi connectivity index (χ4v) is 2.22. The van der Waals surface area contributed by atoms with Crippen molar-refractivity contribution in [3.63, 3.8) is 0 Å². The molecule has 0 aliphatic rings. The Morgan fingerprint density at radius 3 is 2.35 bits per heavy atom. The van der Waals surface area contributed by atoms with Crippen LogP contribution in [0.1, 0.15) is 11.1 Å². The number of benzene rings is 1. The Balaban J connectivity index is 2.38. The van der Waals surface area contributed by atoms with E-state index in [4.69, 9.17) is 5.73 Å². The lowest BCUT2D eigenvalue weighted by molar-refractivity contribution is 1.30. The zero-order chi connectivity index (χ0) is 12.4. The van der Waals surface area contributed by atoms with Crippen molar-refractivity contribution in [1.82, 2.24) is 4.98 Å². The number of nitrogen functional groups attached to an aromatic ring is 1. The normalized spacial score (nSPS) is 10.3. The third-order valence-corrected chi connectivity index (χ3v) is 3.02. The second kappa shape index (κ2) is 4.75. The van der Waals surface area contributed by atoms with Gasteiger partial charge in [-0.05, 0) is 53.0 Å². The average Bonchev–Trinajstić information content (AvgIpc) is 2.22. The molecule has 1 aromatic heterocycles. The van der Waals surface area contributed by atoms with Crippen molar-refractivity contribution in [3.05, 3.63) is 46.2 Å². The average molecular weight is 292 g/mol. The van der Waals surface area contributed by atoms with Gasteiger partial charge in [0, 0.05) is 11.9 Å². The molecular weight excluding hydrogens is 278 g/mol. The first-order valence-electron chi connectivity index (χ1n) is 5.30. The van der Waals surface area contributed by atoms with Crippen LogP contribution in [0.3, 0.4) is 0 Å². The van der Waals surface area contributed by atoms with Gasteiger partial charge in [0.2, 0.25) is 0 Å². The molecule has 88 valence electrons. The maximum atomic E-state index is 5.89. The second-order valence-electron chi connectivity index (χ2n) is 4.09. The number of nitrogens with one attached hydrogen (secondary N) is 1. The number of nitrogens with two attached hydrogens (primary N) is 1. The van der Waals surface area contributed by atoms with Crippen molar-refractivity contribution in [1.29, 1.82) is 0 Å². The van der Waals surface area contributed by atoms with Crippen LogP contribution in [-0.4, -0.2) is 4.98 Å². The Kier molecular flexibility index (Phi) is 3.33. The molecule has 1 heterocycles. The Hall–Kier alpha value is -1.55. The van der Waals surface area contributed by atoms with E-state index in [1.54, 1.807) is 12.4 Å². The lowest BCUT2D eigenvalue weighted by Crippen LogP contribution is -1.98. The largest absolute Gasteiger partial charge is 0.396 e. The van der Waals surface area contributed by atoms with E-state index in [1.807, 2.05) is 0 Å². The van der Waals surface area contributed by atoms with E-state index < -0.39 is 0 Å². The molecule has 0 radical (unpaired) electrons. The molecule has 17 heavy (non-hydrogen) atoms. The van der Waals surface area contributed by atoms with Crippen molar-refractivity contribution in [2.75, 3.05) is 11.1 Å². The molecule has 0 atom stereocenters. The Labute approximate surface area is 109 Å². The van der Waals surface area contributed by atoms with Crippen LogP contribution in [0.2, 0.25) is 0 Å². The summed E-state index contributed by atoms with van der Waals surface area (Å²) in [6, 6.07) is 6.30. The molecule has 0 unspecified atom stereocenters. The van der Waals surface area contributed by atoms with Gasteiger partial charge in [-0.1, -0.05) is 6.07 Å². The molecular formula is C13H14BrN3. The van der Waals surface area contributed by atoms with E-state index in [2.05, 4.69) is 58.3 Å². The van der Waals surface area contributed by atoms with Crippen LogP contribution < -0.4 is 11.1 Å². The first kappa shape index (κ1) is 11.9. The highest BCUT2D eigenvalue weighted by atomic mass is 79.9. The summed E-state index contributed by atoms with van der Waals surface area (Å²) in [5, 5.41) is 3.31. The molecule has 0 saturated heterocycles. The molecule has 1 aromatic carbocycles. The maximum Gasteiger partial charge on any atom is 0.0794 e. The van der Waals surface area contributed by atoms with Gasteiger partial charge in [-0.3, -0.25) is 4.98 Å². The van der Waals surface area contributed by atoms with Gasteiger partial charge in [-0.15, -0.1) is 0 Å². The number of aromatic nitrogens is 1. The van der Waals surface area contributed by atoms with Crippen LogP contribution in [0.4, 0.5) is 17.1 Å². The third kappa shape index (κ3) is 2.77. The summed E-state index contributed by atoms with van der Waals surface area (Å²) in [4.78, 5) is 4.01. The minimum atomic E-state index is 0.624. The van der Waals surface area contributed by atoms with Crippen LogP contribution in [0.25, 0.3) is 0 Å². The fraction of sp³-hybridized carbons (Fsp3) is 0.154. The summed E-state index contributed by atoms with van der Waals surface area (Å²) in [5.41, 5.74) is 10.8. The number of pyridine rings is 1. The highest BCUT2D eigenvalue weighted by molar-refractivity contribution is 9.10. The molecule has 0 fully saturated rings. The zero-order valence-corrected chi connectivity index (χ0v) is 11.4. The molecule has 4 heteroatoms. The van der Waals surface area contributed by atoms with Crippen molar-refractivity contribution in [2.45, 2.75) is 13.8 Å². The summed E-state index contributed by atoms with van der Waals surface area (Å²) in [6.07, 6.45) is 3.36. The van der Waals surface area contributed by atoms with Crippen LogP contribution >= 0.6 is 15.9 Å². The van der Waals surface area contributed by atoms with Crippen LogP contribution in [-0.2, 0) is 0 Å². The van der Waals surface area contributed by atoms with Gasteiger partial charge in [0.05, 0.1) is 22.0 Å². The standard InChI is InChI=1S/C13H14BrN3/c1-8-3-9(2)5-10(4-8)17-13-11(14)6-16-7-12(13)15/h3-7H,15H2,1-2H3,(H,16,17). The number of nitrogens with zero attached hydrogens (tertiary/aromatic N) is 1. The van der Waals surface area contributed by atoms with Crippen molar-refractivity contribution in [3.8, 4) is 0 Å². The van der Waals surface area contributed by atoms with Gasteiger partial charge in [-0.25, -0.2) is 0 Å². The lowest BCUT2D eigenvalue weighted by Gasteiger charge is -2.12. The van der Waals surface area contributed by atoms with E-state index in [0.717, 1.165) is 15.8 Å². The predicted molar refractivity (Wildman–Crippen MR) is 75.5 cm³/mol. The second-order valence-corrected chi connectivity index (χ2v) is 4.94. The van der Waals surface area contributed by atoms with Crippen LogP contribution in [0, 0.1) is 13.8 Å². The molecule has 0 saturated carbocycles. The molecule has 0 aliphatic heterocycles. The summed E-state index contributed by atoms with van der Waals surface area (Å²) in [6.45, 7) is 4.15. The van der Waals surface area contributed by atoms with Crippen LogP contribution in [0.15, 0.2) is 35.1 Å². The van der Waals surface area contributed by atoms with E-state index >= 15 is 0 Å². The molecule has 3 nitrogen and oxygen atoms in total. The SMILES string of the molecule is Cc1cc(C)cc(Nc2c(N)cncc2Br)c1. The number of hydrogen-bond donors (Lipinski definition) is 2. The highest BCUT2D eigenvalue weighted by Crippen LogP contribution is 2.30. The smallest absolute Gasteiger partial charge is 0.0794 e. The van der Waals surface area contributed by atoms with Gasteiger partial charge in [0.25, 0.3) is 0 Å². The van der Waals surface area contributed by atoms with E-state index in [-0.39, 0.29) is 0 Å². The molecule has 2 rings (SSSR count). The lowest BCUT2D eigenvalue weighted by atomic mass is 10.1. The van der Waals surface area contributed by atoms with Gasteiger partial charge >= 0.3 is 0 Å². The van der Waals surface area contributed by atoms with E-state index in [9.17, 15) is 0 Å². The number of aryl methyl sites for hydroxylation is 2. The first-order valence-corrected chi connectivity index (χ1v) is 6.10. The van der Waals surface area contributed by atoms with Crippen molar-refractivity contribution >= 4 is 33.0 Å². The quantitative estimate of drug-likeness (QED) is 0.885. The van der Waals surface area contributed by atoms with Crippen molar-refractivity contribution in [2.24, 2.45) is 0 Å². The Morgan fingerprint density at radius 1 is 1.12 bits per heavy atom. The maximum absolute atomic E-state index is 5.89. The zero-order valence-electron chi connectivity index (χ0n) is 9.79. The van der Waals surface area contributed by atoms with Crippen LogP contribution in [0.5, 0.6) is 0 Å². The predicted octanol–water partition coefficient (Wildman–Crippen LogP) is 3.79. The van der Waals surface area contributed by atoms with Crippen molar-refractivity contribution < 1.29 is 0 Å². The molecule has 0 bridgehead atoms. The number of halogens is 1. The number of anilines is 3. The van der Waals surface area contributed by atoms with Gasteiger partial charge in [-0.2, -0.15) is 0 Å². The highest BCUT2D eigenvalue weighted by Gasteiger charge is 2.05. The molecule has 2 aromatic rings. The minimum Gasteiger partial charge on any atom is -0.396 e. The summed E-state index contributed by atoms with van der Waals surface area (Å²) < 4.78 is 0.858. The van der Waals surface area contributed by atoms with Gasteiger partial charge in [0.15, 0.2) is 0 Å². The molecule has 0 aliphatic carbocycles. The molecule has 3 N–H and O–H groups in total. The van der Waals surface area contributed by atoms with E-state index in [1.165, 1.54) is 11.1 Å². The van der Waals surface area contributed by atoms with Gasteiger partial charge < -0.3 is 11.1 Å². The Bertz CT molecular complexity index is 512.